The van der Waals surface area contributed by atoms with Gasteiger partial charge in [-0.1, -0.05) is 74.3 Å². The number of benzene rings is 2. The lowest BCUT2D eigenvalue weighted by molar-refractivity contribution is -0.868. The van der Waals surface area contributed by atoms with Crippen molar-refractivity contribution in [3.8, 4) is 11.1 Å². The highest BCUT2D eigenvalue weighted by Gasteiger charge is 2.45. The van der Waals surface area contributed by atoms with E-state index in [2.05, 4.69) is 9.88 Å². The molecule has 0 spiro atoms. The van der Waals surface area contributed by atoms with Crippen LogP contribution in [0.25, 0.3) is 11.1 Å². The van der Waals surface area contributed by atoms with Crippen LogP contribution in [0.2, 0.25) is 5.02 Å². The molecule has 0 fully saturated rings. The molecule has 11 heteroatoms. The minimum absolute atomic E-state index is 0.0219. The molecule has 1 heterocycles. The number of sulfonamides is 1. The van der Waals surface area contributed by atoms with E-state index in [1.165, 1.54) is 6.07 Å². The normalized spacial score (nSPS) is 14.1. The van der Waals surface area contributed by atoms with Gasteiger partial charge in [0.15, 0.2) is 11.9 Å². The van der Waals surface area contributed by atoms with Gasteiger partial charge in [0, 0.05) is 33.2 Å². The molecule has 0 bridgehead atoms. The lowest BCUT2D eigenvalue weighted by Crippen LogP contribution is -2.62. The monoisotopic (exact) mass is 589 g/mol. The number of nitrogens with zero attached hydrogens (tertiary/aromatic N) is 2. The first-order valence-electron chi connectivity index (χ1n) is 13.2. The molecule has 0 aliphatic carbocycles. The van der Waals surface area contributed by atoms with Gasteiger partial charge < -0.3 is 10.3 Å². The van der Waals surface area contributed by atoms with Gasteiger partial charge >= 0.3 is 5.91 Å². The van der Waals surface area contributed by atoms with Gasteiger partial charge in [-0.2, -0.15) is 0 Å². The van der Waals surface area contributed by atoms with Crippen LogP contribution in [0.3, 0.4) is 0 Å². The van der Waals surface area contributed by atoms with Crippen molar-refractivity contribution in [3.05, 3.63) is 64.4 Å². The number of halogens is 1. The van der Waals surface area contributed by atoms with E-state index >= 15 is 0 Å². The average molecular weight is 590 g/mol. The van der Waals surface area contributed by atoms with Crippen LogP contribution < -0.4 is 10.5 Å². The summed E-state index contributed by atoms with van der Waals surface area (Å²) in [6.45, 7) is 9.38. The van der Waals surface area contributed by atoms with Crippen molar-refractivity contribution in [1.82, 2.24) is 5.16 Å². The minimum atomic E-state index is -4.04. The lowest BCUT2D eigenvalue weighted by Gasteiger charge is -2.39. The molecule has 2 atom stereocenters. The summed E-state index contributed by atoms with van der Waals surface area (Å²) in [6.07, 6.45) is 1.89. The number of aryl methyl sites for hydroxylation is 1. The number of carbonyl (C=O) groups is 2. The van der Waals surface area contributed by atoms with E-state index in [0.717, 1.165) is 12.0 Å². The van der Waals surface area contributed by atoms with Gasteiger partial charge in [0.2, 0.25) is 0 Å². The second-order valence-electron chi connectivity index (χ2n) is 10.6. The fourth-order valence-corrected chi connectivity index (χ4v) is 6.65. The van der Waals surface area contributed by atoms with Gasteiger partial charge in [-0.25, -0.2) is 17.7 Å². The van der Waals surface area contributed by atoms with Gasteiger partial charge in [-0.15, -0.1) is 0 Å². The quantitative estimate of drug-likeness (QED) is 0.265. The molecule has 3 N–H and O–H groups in total. The van der Waals surface area contributed by atoms with Crippen molar-refractivity contribution in [2.24, 2.45) is 11.7 Å². The number of amides is 2. The molecule has 0 saturated carbocycles. The van der Waals surface area contributed by atoms with Gasteiger partial charge in [0.05, 0.1) is 18.4 Å². The van der Waals surface area contributed by atoms with Crippen LogP contribution in [-0.4, -0.2) is 43.0 Å². The Labute approximate surface area is 241 Å². The molecule has 3 aromatic rings. The highest BCUT2D eigenvalue weighted by Crippen LogP contribution is 2.35. The Balaban J connectivity index is 2.02. The summed E-state index contributed by atoms with van der Waals surface area (Å²) < 4.78 is 34.2. The molecule has 2 amide bonds. The highest BCUT2D eigenvalue weighted by atomic mass is 35.5. The third-order valence-corrected chi connectivity index (χ3v) is 8.96. The highest BCUT2D eigenvalue weighted by molar-refractivity contribution is 7.92. The number of nitrogens with two attached hydrogens (primary N) is 1. The van der Waals surface area contributed by atoms with E-state index in [4.69, 9.17) is 21.9 Å². The Morgan fingerprint density at radius 2 is 1.80 bits per heavy atom. The van der Waals surface area contributed by atoms with Crippen LogP contribution in [-0.2, 0) is 26.2 Å². The van der Waals surface area contributed by atoms with E-state index in [9.17, 15) is 18.0 Å². The van der Waals surface area contributed by atoms with Crippen molar-refractivity contribution in [2.45, 2.75) is 71.4 Å². The first kappa shape index (κ1) is 31.3. The molecule has 216 valence electrons. The van der Waals surface area contributed by atoms with Crippen LogP contribution in [0, 0.1) is 19.8 Å². The molecule has 1 unspecified atom stereocenters. The van der Waals surface area contributed by atoms with Crippen molar-refractivity contribution >= 4 is 39.3 Å². The van der Waals surface area contributed by atoms with Crippen LogP contribution >= 0.6 is 11.6 Å². The summed E-state index contributed by atoms with van der Waals surface area (Å²) >= 11 is 6.75. The van der Waals surface area contributed by atoms with E-state index in [1.54, 1.807) is 57.3 Å². The number of hydrogen-bond donors (Lipinski definition) is 2. The Morgan fingerprint density at radius 1 is 1.12 bits per heavy atom. The molecule has 40 heavy (non-hydrogen) atoms. The molecule has 0 radical (unpaired) electrons. The number of carbonyl (C=O) groups excluding carboxylic acids is 2. The number of nitrogens with one attached hydrogen (secondary N) is 1. The molecular weight excluding hydrogens is 552 g/mol. The van der Waals surface area contributed by atoms with E-state index in [0.29, 0.717) is 40.3 Å². The maximum absolute atomic E-state index is 13.4. The van der Waals surface area contributed by atoms with Crippen molar-refractivity contribution in [1.29, 1.82) is 0 Å². The van der Waals surface area contributed by atoms with Gasteiger partial charge in [-0.3, -0.25) is 9.52 Å². The third-order valence-electron chi connectivity index (χ3n) is 7.25. The van der Waals surface area contributed by atoms with Gasteiger partial charge in [0.1, 0.15) is 12.3 Å². The largest absolute Gasteiger partial charge is 0.364 e. The van der Waals surface area contributed by atoms with E-state index < -0.39 is 22.0 Å². The van der Waals surface area contributed by atoms with Crippen LogP contribution in [0.5, 0.6) is 0 Å². The van der Waals surface area contributed by atoms with Crippen molar-refractivity contribution in [2.75, 3.05) is 11.8 Å². The van der Waals surface area contributed by atoms with E-state index in [-0.39, 0.29) is 33.6 Å². The molecule has 9 nitrogen and oxygen atoms in total. The topological polar surface area (TPSA) is 132 Å². The Hall–Kier alpha value is -3.21. The zero-order valence-electron chi connectivity index (χ0n) is 23.8. The number of likely N-dealkylation sites (N-methyl/N-ethyl adjacent to an activating group) is 1. The summed E-state index contributed by atoms with van der Waals surface area (Å²) in [5.74, 6) is -0.133. The van der Waals surface area contributed by atoms with Crippen LogP contribution in [0.1, 0.15) is 56.9 Å². The summed E-state index contributed by atoms with van der Waals surface area (Å²) in [7, 11) is -2.29. The number of unbranched alkanes of at least 4 members (excludes halogenated alkanes) is 1. The Morgan fingerprint density at radius 3 is 2.35 bits per heavy atom. The maximum atomic E-state index is 13.4. The van der Waals surface area contributed by atoms with Crippen LogP contribution in [0.15, 0.2) is 51.9 Å². The van der Waals surface area contributed by atoms with Crippen molar-refractivity contribution in [3.63, 3.8) is 0 Å². The standard InChI is InChI=1S/C29H37ClN4O5S/c1-7-8-13-26(35)34(6,27(18(2)3)28(31)36)17-21-14-15-22(24(30)16-21)23-11-9-10-12-25(23)40(37,38)33-29-19(4)20(5)39-32-29/h9-12,14-16,18,27H,7-8,13,17H2,1-6H3,(H2-,31,32,33,36)/p+1/t27-,34?/m0/s1. The molecule has 3 rings (SSSR count). The lowest BCUT2D eigenvalue weighted by atomic mass is 9.96. The summed E-state index contributed by atoms with van der Waals surface area (Å²) in [6, 6.07) is 11.0. The first-order chi connectivity index (χ1) is 18.7. The minimum Gasteiger partial charge on any atom is -0.364 e. The predicted octanol–water partition coefficient (Wildman–Crippen LogP) is 5.59. The first-order valence-corrected chi connectivity index (χ1v) is 15.1. The summed E-state index contributed by atoms with van der Waals surface area (Å²) in [5.41, 5.74) is 8.01. The molecule has 0 aliphatic rings. The second-order valence-corrected chi connectivity index (χ2v) is 12.7. The Bertz CT molecular complexity index is 1500. The molecule has 2 aromatic carbocycles. The molecule has 1 aromatic heterocycles. The summed E-state index contributed by atoms with van der Waals surface area (Å²) in [4.78, 5) is 26.0. The number of anilines is 1. The summed E-state index contributed by atoms with van der Waals surface area (Å²) in [5, 5.41) is 4.12. The number of rotatable bonds is 12. The molecular formula is C29H38ClN4O5S+. The third kappa shape index (κ3) is 6.56. The zero-order chi connectivity index (χ0) is 29.8. The number of aromatic nitrogens is 1. The van der Waals surface area contributed by atoms with Gasteiger partial charge in [0.25, 0.3) is 15.9 Å². The average Bonchev–Trinajstić information content (AvgIpc) is 3.18. The zero-order valence-corrected chi connectivity index (χ0v) is 25.4. The van der Waals surface area contributed by atoms with E-state index in [1.807, 2.05) is 20.8 Å². The SMILES string of the molecule is CCCCC(=O)[N+](C)(Cc1ccc(-c2ccccc2S(=O)(=O)Nc2noc(C)c2C)c(Cl)c1)[C@H](C(N)=O)C(C)C. The number of hydrogen-bond acceptors (Lipinski definition) is 6. The van der Waals surface area contributed by atoms with Gasteiger partial charge in [-0.05, 0) is 32.4 Å². The fraction of sp³-hybridized carbons (Fsp3) is 0.414. The van der Waals surface area contributed by atoms with Crippen molar-refractivity contribution < 1.29 is 27.0 Å². The smallest absolute Gasteiger partial charge is 0.314 e. The number of primary amides is 1. The van der Waals surface area contributed by atoms with Crippen LogP contribution in [0.4, 0.5) is 5.82 Å². The maximum Gasteiger partial charge on any atom is 0.314 e. The second kappa shape index (κ2) is 12.5. The fourth-order valence-electron chi connectivity index (χ4n) is 5.07. The molecule has 0 aliphatic heterocycles. The Kier molecular flexibility index (Phi) is 9.81. The number of quaternary nitrogens is 1. The molecule has 0 saturated heterocycles. The predicted molar refractivity (Wildman–Crippen MR) is 156 cm³/mol.